The number of nitrogens with one attached hydrogen (secondary N) is 1. The largest absolute Gasteiger partial charge is 0.433 e. The number of nitrogens with zero attached hydrogens (tertiary/aromatic N) is 1. The summed E-state index contributed by atoms with van der Waals surface area (Å²) in [5.74, 6) is 0. The number of alkyl halides is 3. The molecule has 0 amide bonds. The fraction of sp³-hybridized carbons (Fsp3) is 0.214. The van der Waals surface area contributed by atoms with Gasteiger partial charge in [0, 0.05) is 23.3 Å². The van der Waals surface area contributed by atoms with Crippen molar-refractivity contribution < 1.29 is 13.2 Å². The fourth-order valence-corrected chi connectivity index (χ4v) is 3.24. The lowest BCUT2D eigenvalue weighted by molar-refractivity contribution is -0.141. The number of benzene rings is 1. The highest BCUT2D eigenvalue weighted by Crippen LogP contribution is 2.42. The Bertz CT molecular complexity index is 611. The van der Waals surface area contributed by atoms with E-state index in [4.69, 9.17) is 0 Å². The molecule has 2 nitrogen and oxygen atoms in total. The summed E-state index contributed by atoms with van der Waals surface area (Å²) in [4.78, 5) is 4.62. The van der Waals surface area contributed by atoms with Crippen LogP contribution in [0.25, 0.3) is 0 Å². The summed E-state index contributed by atoms with van der Waals surface area (Å²) in [6, 6.07) is 10.4. The summed E-state index contributed by atoms with van der Waals surface area (Å²) in [6.45, 7) is 0.675. The Hall–Kier alpha value is -1.69. The van der Waals surface area contributed by atoms with Crippen molar-refractivity contribution in [3.8, 4) is 0 Å². The van der Waals surface area contributed by atoms with Gasteiger partial charge in [-0.3, -0.25) is 4.98 Å². The van der Waals surface area contributed by atoms with E-state index >= 15 is 0 Å². The summed E-state index contributed by atoms with van der Waals surface area (Å²) in [5, 5.41) is 3.35. The smallest absolute Gasteiger partial charge is 0.383 e. The first kappa shape index (κ1) is 13.3. The van der Waals surface area contributed by atoms with Gasteiger partial charge < -0.3 is 5.32 Å². The van der Waals surface area contributed by atoms with Crippen molar-refractivity contribution in [2.45, 2.75) is 16.3 Å². The number of rotatable bonds is 1. The molecule has 3 rings (SSSR count). The molecule has 1 N–H and O–H groups in total. The molecule has 0 fully saturated rings. The molecule has 0 bridgehead atoms. The summed E-state index contributed by atoms with van der Waals surface area (Å²) < 4.78 is 37.4. The molecule has 1 aromatic heterocycles. The number of thioether (sulfide) groups is 1. The van der Waals surface area contributed by atoms with E-state index in [2.05, 4.69) is 10.3 Å². The van der Waals surface area contributed by atoms with Crippen LogP contribution in [-0.4, -0.2) is 11.5 Å². The average Bonchev–Trinajstić information content (AvgIpc) is 2.46. The minimum atomic E-state index is -4.39. The van der Waals surface area contributed by atoms with E-state index < -0.39 is 11.9 Å². The molecule has 0 saturated carbocycles. The van der Waals surface area contributed by atoms with Crippen LogP contribution in [0.1, 0.15) is 16.5 Å². The number of pyridine rings is 1. The lowest BCUT2D eigenvalue weighted by Crippen LogP contribution is -2.16. The van der Waals surface area contributed by atoms with Gasteiger partial charge in [0.15, 0.2) is 0 Å². The maximum Gasteiger partial charge on any atom is 0.433 e. The van der Waals surface area contributed by atoms with Crippen molar-refractivity contribution in [1.82, 2.24) is 4.98 Å². The summed E-state index contributed by atoms with van der Waals surface area (Å²) in [7, 11) is 0. The van der Waals surface area contributed by atoms with Gasteiger partial charge >= 0.3 is 6.18 Å². The SMILES string of the molecule is FC(F)(F)c1ccc(C2CNc3ccccc3S2)cn1. The van der Waals surface area contributed by atoms with Gasteiger partial charge in [-0.15, -0.1) is 11.8 Å². The highest BCUT2D eigenvalue weighted by Gasteiger charge is 2.32. The van der Waals surface area contributed by atoms with Crippen LogP contribution in [0.15, 0.2) is 47.5 Å². The minimum absolute atomic E-state index is 0.0692. The molecule has 2 heterocycles. The Labute approximate surface area is 118 Å². The van der Waals surface area contributed by atoms with Crippen molar-refractivity contribution in [3.05, 3.63) is 53.9 Å². The minimum Gasteiger partial charge on any atom is -0.383 e. The van der Waals surface area contributed by atoms with Crippen LogP contribution in [0.2, 0.25) is 0 Å². The fourth-order valence-electron chi connectivity index (χ4n) is 2.06. The number of anilines is 1. The number of hydrogen-bond donors (Lipinski definition) is 1. The van der Waals surface area contributed by atoms with Gasteiger partial charge in [-0.25, -0.2) is 0 Å². The lowest BCUT2D eigenvalue weighted by Gasteiger charge is -2.25. The first-order valence-corrected chi connectivity index (χ1v) is 6.95. The Kier molecular flexibility index (Phi) is 3.33. The van der Waals surface area contributed by atoms with E-state index in [0.717, 1.165) is 22.2 Å². The molecule has 1 aliphatic rings. The Balaban J connectivity index is 1.81. The number of aromatic nitrogens is 1. The van der Waals surface area contributed by atoms with E-state index in [1.807, 2.05) is 24.3 Å². The maximum absolute atomic E-state index is 12.5. The van der Waals surface area contributed by atoms with Crippen LogP contribution in [0, 0.1) is 0 Å². The van der Waals surface area contributed by atoms with Crippen LogP contribution < -0.4 is 5.32 Å². The highest BCUT2D eigenvalue weighted by molar-refractivity contribution is 7.99. The second-order valence-corrected chi connectivity index (χ2v) is 5.70. The van der Waals surface area contributed by atoms with E-state index in [0.29, 0.717) is 6.54 Å². The Morgan fingerprint density at radius 1 is 1.15 bits per heavy atom. The van der Waals surface area contributed by atoms with E-state index in [-0.39, 0.29) is 5.25 Å². The Morgan fingerprint density at radius 2 is 1.95 bits per heavy atom. The van der Waals surface area contributed by atoms with Gasteiger partial charge in [-0.2, -0.15) is 13.2 Å². The molecule has 1 aliphatic heterocycles. The molecule has 104 valence electrons. The number of halogens is 3. The number of hydrogen-bond acceptors (Lipinski definition) is 3. The van der Waals surface area contributed by atoms with Crippen molar-refractivity contribution >= 4 is 17.4 Å². The molecule has 0 radical (unpaired) electrons. The van der Waals surface area contributed by atoms with E-state index in [9.17, 15) is 13.2 Å². The molecule has 6 heteroatoms. The Morgan fingerprint density at radius 3 is 2.65 bits per heavy atom. The molecule has 0 saturated heterocycles. The van der Waals surface area contributed by atoms with Gasteiger partial charge in [0.05, 0.1) is 5.25 Å². The van der Waals surface area contributed by atoms with Crippen molar-refractivity contribution in [3.63, 3.8) is 0 Å². The first-order chi connectivity index (χ1) is 9.54. The van der Waals surface area contributed by atoms with Crippen molar-refractivity contribution in [1.29, 1.82) is 0 Å². The third-order valence-electron chi connectivity index (χ3n) is 3.08. The number of fused-ring (bicyclic) bond motifs is 1. The average molecular weight is 296 g/mol. The zero-order chi connectivity index (χ0) is 14.2. The topological polar surface area (TPSA) is 24.9 Å². The monoisotopic (exact) mass is 296 g/mol. The summed E-state index contributed by atoms with van der Waals surface area (Å²) in [6.07, 6.45) is -3.07. The van der Waals surface area contributed by atoms with Gasteiger partial charge in [-0.05, 0) is 23.8 Å². The molecule has 0 aliphatic carbocycles. The van der Waals surface area contributed by atoms with Gasteiger partial charge in [0.2, 0.25) is 0 Å². The molecule has 0 spiro atoms. The summed E-state index contributed by atoms with van der Waals surface area (Å²) >= 11 is 1.64. The standard InChI is InChI=1S/C14H11F3N2S/c15-14(16,17)13-6-5-9(7-19-13)12-8-18-10-3-1-2-4-11(10)20-12/h1-7,12,18H,8H2. The zero-order valence-corrected chi connectivity index (χ0v) is 11.1. The third kappa shape index (κ3) is 2.60. The highest BCUT2D eigenvalue weighted by atomic mass is 32.2. The second-order valence-electron chi connectivity index (χ2n) is 4.46. The van der Waals surface area contributed by atoms with Crippen LogP contribution in [0.4, 0.5) is 18.9 Å². The predicted molar refractivity (Wildman–Crippen MR) is 72.8 cm³/mol. The van der Waals surface area contributed by atoms with Crippen molar-refractivity contribution in [2.75, 3.05) is 11.9 Å². The molecular weight excluding hydrogens is 285 g/mol. The molecule has 1 aromatic carbocycles. The number of para-hydroxylation sites is 1. The van der Waals surface area contributed by atoms with E-state index in [1.165, 1.54) is 12.3 Å². The maximum atomic E-state index is 12.5. The van der Waals surface area contributed by atoms with Crippen LogP contribution in [-0.2, 0) is 6.18 Å². The normalized spacial score (nSPS) is 18.2. The van der Waals surface area contributed by atoms with Crippen LogP contribution in [0.3, 0.4) is 0 Å². The predicted octanol–water partition coefficient (Wildman–Crippen LogP) is 4.36. The molecule has 20 heavy (non-hydrogen) atoms. The molecular formula is C14H11F3N2S. The molecule has 1 unspecified atom stereocenters. The van der Waals surface area contributed by atoms with Crippen molar-refractivity contribution in [2.24, 2.45) is 0 Å². The zero-order valence-electron chi connectivity index (χ0n) is 10.3. The quantitative estimate of drug-likeness (QED) is 0.846. The lowest BCUT2D eigenvalue weighted by atomic mass is 10.1. The van der Waals surface area contributed by atoms with E-state index in [1.54, 1.807) is 11.8 Å². The van der Waals surface area contributed by atoms with Gasteiger partial charge in [-0.1, -0.05) is 18.2 Å². The van der Waals surface area contributed by atoms with Crippen LogP contribution >= 0.6 is 11.8 Å². The first-order valence-electron chi connectivity index (χ1n) is 6.07. The second kappa shape index (κ2) is 5.01. The van der Waals surface area contributed by atoms with Crippen LogP contribution in [0.5, 0.6) is 0 Å². The molecule has 1 atom stereocenters. The van der Waals surface area contributed by atoms with Gasteiger partial charge in [0.25, 0.3) is 0 Å². The molecule has 2 aromatic rings. The summed E-state index contributed by atoms with van der Waals surface area (Å²) in [5.41, 5.74) is 1.01. The van der Waals surface area contributed by atoms with Gasteiger partial charge in [0.1, 0.15) is 5.69 Å². The third-order valence-corrected chi connectivity index (χ3v) is 4.42.